The van der Waals surface area contributed by atoms with Gasteiger partial charge in [-0.25, -0.2) is 9.18 Å². The van der Waals surface area contributed by atoms with Crippen LogP contribution in [0.2, 0.25) is 0 Å². The maximum atomic E-state index is 15.6. The van der Waals surface area contributed by atoms with E-state index in [1.165, 1.54) is 6.07 Å². The summed E-state index contributed by atoms with van der Waals surface area (Å²) in [6.45, 7) is 14.2. The van der Waals surface area contributed by atoms with Gasteiger partial charge in [0.25, 0.3) is 5.91 Å². The van der Waals surface area contributed by atoms with E-state index < -0.39 is 23.5 Å². The molecule has 1 N–H and O–H groups in total. The Morgan fingerprint density at radius 3 is 2.28 bits per heavy atom. The first-order chi connectivity index (χ1) is 20.2. The zero-order chi connectivity index (χ0) is 31.4. The van der Waals surface area contributed by atoms with Crippen molar-refractivity contribution in [3.63, 3.8) is 0 Å². The molecule has 3 aromatic carbocycles. The van der Waals surface area contributed by atoms with Gasteiger partial charge in [0.05, 0.1) is 19.3 Å². The van der Waals surface area contributed by atoms with Crippen LogP contribution in [0.5, 0.6) is 11.5 Å². The fourth-order valence-electron chi connectivity index (χ4n) is 6.54. The molecule has 8 heteroatoms. The first-order valence-electron chi connectivity index (χ1n) is 14.7. The first kappa shape index (κ1) is 30.5. The molecule has 0 saturated carbocycles. The number of nitrogens with zero attached hydrogens (tertiary/aromatic N) is 1. The lowest BCUT2D eigenvalue weighted by molar-refractivity contribution is -0.160. The first-order valence-corrected chi connectivity index (χ1v) is 14.7. The molecule has 0 aromatic heterocycles. The second-order valence-corrected chi connectivity index (χ2v) is 12.6. The second-order valence-electron chi connectivity index (χ2n) is 12.6. The lowest BCUT2D eigenvalue weighted by Crippen LogP contribution is -2.29. The zero-order valence-corrected chi connectivity index (χ0v) is 26.2. The monoisotopic (exact) mass is 589 g/mol. The van der Waals surface area contributed by atoms with Crippen molar-refractivity contribution in [2.75, 3.05) is 13.7 Å². The van der Waals surface area contributed by atoms with Crippen molar-refractivity contribution in [1.82, 2.24) is 4.90 Å². The predicted octanol–water partition coefficient (Wildman–Crippen LogP) is 7.16. The second kappa shape index (κ2) is 11.3. The molecular formula is C35H40FNO6. The standard InChI is InChI=1S/C35H40FNO6/c1-18-14-22(11-12-28(18)41-8)33(38)37-16-25-20(3)29(24-15-27(36)31-23(19(24)2)10-9-13-42-31)30(21(4)26(25)17-37)32(34(39)40)43-35(5,6)7/h11-12,14-15,32H,9-10,13,16-17H2,1-8H3,(H,39,40)/t32-/m0/s1. The highest BCUT2D eigenvalue weighted by atomic mass is 19.1. The zero-order valence-electron chi connectivity index (χ0n) is 26.2. The van der Waals surface area contributed by atoms with Crippen LogP contribution in [0.25, 0.3) is 11.1 Å². The minimum atomic E-state index is -1.30. The van der Waals surface area contributed by atoms with E-state index in [1.807, 2.05) is 54.5 Å². The van der Waals surface area contributed by atoms with Gasteiger partial charge in [-0.1, -0.05) is 0 Å². The van der Waals surface area contributed by atoms with Crippen LogP contribution < -0.4 is 9.47 Å². The van der Waals surface area contributed by atoms with Crippen molar-refractivity contribution in [1.29, 1.82) is 0 Å². The molecule has 1 atom stereocenters. The van der Waals surface area contributed by atoms with Crippen LogP contribution in [0.1, 0.15) is 88.2 Å². The Labute approximate surface area is 252 Å². The van der Waals surface area contributed by atoms with Gasteiger partial charge in [0.15, 0.2) is 17.7 Å². The summed E-state index contributed by atoms with van der Waals surface area (Å²) < 4.78 is 32.8. The van der Waals surface area contributed by atoms with Crippen LogP contribution in [0.3, 0.4) is 0 Å². The largest absolute Gasteiger partial charge is 0.496 e. The molecule has 1 amide bonds. The maximum Gasteiger partial charge on any atom is 0.337 e. The molecule has 3 aromatic rings. The lowest BCUT2D eigenvalue weighted by atomic mass is 9.81. The molecule has 228 valence electrons. The normalized spacial score (nSPS) is 15.0. The summed E-state index contributed by atoms with van der Waals surface area (Å²) in [4.78, 5) is 28.4. The molecule has 0 aliphatic carbocycles. The lowest BCUT2D eigenvalue weighted by Gasteiger charge is -2.31. The van der Waals surface area contributed by atoms with Gasteiger partial charge in [-0.2, -0.15) is 0 Å². The van der Waals surface area contributed by atoms with Crippen LogP contribution in [0, 0.1) is 33.5 Å². The molecule has 5 rings (SSSR count). The number of ether oxygens (including phenoxy) is 3. The number of aryl methyl sites for hydroxylation is 1. The van der Waals surface area contributed by atoms with Crippen LogP contribution in [-0.4, -0.2) is 41.2 Å². The number of amides is 1. The summed E-state index contributed by atoms with van der Waals surface area (Å²) in [5.74, 6) is -0.736. The van der Waals surface area contributed by atoms with Crippen LogP contribution in [0.4, 0.5) is 4.39 Å². The van der Waals surface area contributed by atoms with Gasteiger partial charge in [-0.15, -0.1) is 0 Å². The maximum absolute atomic E-state index is 15.6. The van der Waals surface area contributed by atoms with E-state index in [0.29, 0.717) is 54.1 Å². The number of carboxylic acid groups (broad SMARTS) is 1. The number of benzene rings is 3. The van der Waals surface area contributed by atoms with E-state index in [-0.39, 0.29) is 11.7 Å². The Kier molecular flexibility index (Phi) is 8.03. The molecule has 0 unspecified atom stereocenters. The number of aliphatic carboxylic acids is 1. The Morgan fingerprint density at radius 1 is 1.00 bits per heavy atom. The van der Waals surface area contributed by atoms with Gasteiger partial charge in [0.1, 0.15) is 5.75 Å². The third-order valence-electron chi connectivity index (χ3n) is 8.61. The summed E-state index contributed by atoms with van der Waals surface area (Å²) in [6.07, 6.45) is 0.149. The van der Waals surface area contributed by atoms with E-state index in [2.05, 4.69) is 0 Å². The molecule has 0 saturated heterocycles. The molecule has 0 spiro atoms. The van der Waals surface area contributed by atoms with Crippen molar-refractivity contribution >= 4 is 11.9 Å². The molecule has 0 bridgehead atoms. The number of methoxy groups -OCH3 is 1. The highest BCUT2D eigenvalue weighted by Gasteiger charge is 2.37. The van der Waals surface area contributed by atoms with Gasteiger partial charge in [-0.3, -0.25) is 4.79 Å². The van der Waals surface area contributed by atoms with Gasteiger partial charge in [-0.05, 0) is 130 Å². The molecule has 2 aliphatic heterocycles. The highest BCUT2D eigenvalue weighted by molar-refractivity contribution is 5.95. The van der Waals surface area contributed by atoms with Gasteiger partial charge in [0, 0.05) is 29.8 Å². The molecule has 2 aliphatic rings. The summed E-state index contributed by atoms with van der Waals surface area (Å²) in [5.41, 5.74) is 7.48. The van der Waals surface area contributed by atoms with Crippen LogP contribution in [-0.2, 0) is 29.0 Å². The molecule has 7 nitrogen and oxygen atoms in total. The number of carbonyl (C=O) groups excluding carboxylic acids is 1. The van der Waals surface area contributed by atoms with Gasteiger partial charge < -0.3 is 24.2 Å². The smallest absolute Gasteiger partial charge is 0.337 e. The van der Waals surface area contributed by atoms with Crippen molar-refractivity contribution in [3.05, 3.63) is 80.2 Å². The van der Waals surface area contributed by atoms with Crippen molar-refractivity contribution in [2.45, 2.75) is 86.1 Å². The van der Waals surface area contributed by atoms with E-state index in [9.17, 15) is 14.7 Å². The third-order valence-corrected chi connectivity index (χ3v) is 8.61. The van der Waals surface area contributed by atoms with Gasteiger partial charge in [0.2, 0.25) is 0 Å². The summed E-state index contributed by atoms with van der Waals surface area (Å²) >= 11 is 0. The van der Waals surface area contributed by atoms with Gasteiger partial charge >= 0.3 is 5.97 Å². The highest BCUT2D eigenvalue weighted by Crippen LogP contribution is 2.47. The quantitative estimate of drug-likeness (QED) is 0.329. The minimum absolute atomic E-state index is 0.127. The topological polar surface area (TPSA) is 85.3 Å². The number of rotatable bonds is 6. The van der Waals surface area contributed by atoms with Crippen molar-refractivity contribution in [3.8, 4) is 22.6 Å². The minimum Gasteiger partial charge on any atom is -0.496 e. The number of carboxylic acids is 1. The number of fused-ring (bicyclic) bond motifs is 2. The average molecular weight is 590 g/mol. The molecule has 2 heterocycles. The van der Waals surface area contributed by atoms with E-state index >= 15 is 4.39 Å². The fourth-order valence-corrected chi connectivity index (χ4v) is 6.54. The van der Waals surface area contributed by atoms with E-state index in [4.69, 9.17) is 14.2 Å². The van der Waals surface area contributed by atoms with Crippen molar-refractivity contribution in [2.24, 2.45) is 0 Å². The number of hydrogen-bond donors (Lipinski definition) is 1. The SMILES string of the molecule is COc1ccc(C(=O)N2Cc3c(C)c(-c4cc(F)c5c(c4C)CCCO5)c([C@H](OC(C)(C)C)C(=O)O)c(C)c3C2)cc1C. The van der Waals surface area contributed by atoms with Crippen molar-refractivity contribution < 1.29 is 33.3 Å². The number of hydrogen-bond acceptors (Lipinski definition) is 5. The van der Waals surface area contributed by atoms with E-state index in [0.717, 1.165) is 45.4 Å². The average Bonchev–Trinajstić information content (AvgIpc) is 3.41. The molecule has 0 fully saturated rings. The van der Waals surface area contributed by atoms with Crippen LogP contribution in [0.15, 0.2) is 24.3 Å². The Balaban J connectivity index is 1.71. The molecule has 43 heavy (non-hydrogen) atoms. The Hall–Kier alpha value is -3.91. The molecular weight excluding hydrogens is 549 g/mol. The summed E-state index contributed by atoms with van der Waals surface area (Å²) in [7, 11) is 1.60. The Bertz CT molecular complexity index is 1640. The van der Waals surface area contributed by atoms with Crippen LogP contribution >= 0.6 is 0 Å². The fraction of sp³-hybridized carbons (Fsp3) is 0.429. The number of halogens is 1. The number of carbonyl (C=O) groups is 2. The third kappa shape index (κ3) is 5.49. The summed E-state index contributed by atoms with van der Waals surface area (Å²) in [6, 6.07) is 6.83. The Morgan fingerprint density at radius 2 is 1.67 bits per heavy atom. The molecule has 0 radical (unpaired) electrons. The summed E-state index contributed by atoms with van der Waals surface area (Å²) in [5, 5.41) is 10.5. The van der Waals surface area contributed by atoms with E-state index in [1.54, 1.807) is 24.1 Å². The predicted molar refractivity (Wildman–Crippen MR) is 162 cm³/mol.